The predicted molar refractivity (Wildman–Crippen MR) is 65.8 cm³/mol. The first-order valence-electron chi connectivity index (χ1n) is 5.37. The van der Waals surface area contributed by atoms with Gasteiger partial charge in [-0.3, -0.25) is 4.79 Å². The molecule has 2 N–H and O–H groups in total. The van der Waals surface area contributed by atoms with Crippen LogP contribution < -0.4 is 5.32 Å². The van der Waals surface area contributed by atoms with Crippen LogP contribution in [0.25, 0.3) is 0 Å². The minimum absolute atomic E-state index is 0.423. The quantitative estimate of drug-likeness (QED) is 0.822. The van der Waals surface area contributed by atoms with Gasteiger partial charge in [-0.1, -0.05) is 17.7 Å². The average molecular weight is 221 g/mol. The lowest BCUT2D eigenvalue weighted by atomic mass is 9.93. The Hall–Kier alpha value is -1.51. The number of aliphatic carboxylic acids is 1. The van der Waals surface area contributed by atoms with E-state index in [-0.39, 0.29) is 0 Å². The van der Waals surface area contributed by atoms with E-state index in [4.69, 9.17) is 5.11 Å². The topological polar surface area (TPSA) is 49.3 Å². The lowest BCUT2D eigenvalue weighted by Gasteiger charge is -2.21. The standard InChI is InChI=1S/C13H19NO2/c1-9-5-6-11(10(2)7-9)14-8-13(3,4)12(15)16/h5-7,14H,8H2,1-4H3,(H,15,16). The van der Waals surface area contributed by atoms with E-state index in [2.05, 4.69) is 11.4 Å². The van der Waals surface area contributed by atoms with Gasteiger partial charge in [0.05, 0.1) is 5.41 Å². The van der Waals surface area contributed by atoms with Gasteiger partial charge >= 0.3 is 5.97 Å². The van der Waals surface area contributed by atoms with Crippen LogP contribution in [0.1, 0.15) is 25.0 Å². The molecule has 0 radical (unpaired) electrons. The molecule has 0 spiro atoms. The number of hydrogen-bond donors (Lipinski definition) is 2. The molecule has 88 valence electrons. The smallest absolute Gasteiger partial charge is 0.310 e. The summed E-state index contributed by atoms with van der Waals surface area (Å²) in [6.07, 6.45) is 0. The fourth-order valence-electron chi connectivity index (χ4n) is 1.40. The first-order valence-corrected chi connectivity index (χ1v) is 5.37. The second-order valence-corrected chi connectivity index (χ2v) is 4.86. The summed E-state index contributed by atoms with van der Waals surface area (Å²) in [4.78, 5) is 10.9. The minimum atomic E-state index is -0.787. The van der Waals surface area contributed by atoms with E-state index >= 15 is 0 Å². The number of rotatable bonds is 4. The average Bonchev–Trinajstić information content (AvgIpc) is 2.16. The highest BCUT2D eigenvalue weighted by molar-refractivity contribution is 5.74. The second-order valence-electron chi connectivity index (χ2n) is 4.86. The Morgan fingerprint density at radius 3 is 2.50 bits per heavy atom. The Balaban J connectivity index is 2.72. The van der Waals surface area contributed by atoms with Gasteiger partial charge in [-0.25, -0.2) is 0 Å². The monoisotopic (exact) mass is 221 g/mol. The molecule has 0 saturated heterocycles. The molecule has 0 aliphatic carbocycles. The Labute approximate surface area is 96.5 Å². The molecule has 0 aliphatic rings. The number of nitrogens with one attached hydrogen (secondary N) is 1. The molecule has 0 fully saturated rings. The van der Waals surface area contributed by atoms with Crippen molar-refractivity contribution in [2.24, 2.45) is 5.41 Å². The van der Waals surface area contributed by atoms with Crippen LogP contribution in [0, 0.1) is 19.3 Å². The molecule has 0 aliphatic heterocycles. The zero-order chi connectivity index (χ0) is 12.3. The van der Waals surface area contributed by atoms with E-state index in [0.29, 0.717) is 6.54 Å². The maximum atomic E-state index is 10.9. The summed E-state index contributed by atoms with van der Waals surface area (Å²) in [5.74, 6) is -0.787. The maximum Gasteiger partial charge on any atom is 0.310 e. The molecule has 1 rings (SSSR count). The number of carboxylic acids is 1. The Bertz CT molecular complexity index is 397. The molecule has 3 heteroatoms. The zero-order valence-corrected chi connectivity index (χ0v) is 10.3. The Morgan fingerprint density at radius 2 is 2.00 bits per heavy atom. The highest BCUT2D eigenvalue weighted by atomic mass is 16.4. The van der Waals surface area contributed by atoms with Crippen LogP contribution in [0.5, 0.6) is 0 Å². The van der Waals surface area contributed by atoms with E-state index in [0.717, 1.165) is 11.3 Å². The number of hydrogen-bond acceptors (Lipinski definition) is 2. The van der Waals surface area contributed by atoms with Gasteiger partial charge in [0, 0.05) is 12.2 Å². The van der Waals surface area contributed by atoms with Crippen LogP contribution in [0.2, 0.25) is 0 Å². The second kappa shape index (κ2) is 4.56. The summed E-state index contributed by atoms with van der Waals surface area (Å²) in [5, 5.41) is 12.2. The Kier molecular flexibility index (Phi) is 3.58. The number of anilines is 1. The van der Waals surface area contributed by atoms with Gasteiger partial charge in [0.25, 0.3) is 0 Å². The van der Waals surface area contributed by atoms with Crippen LogP contribution in [-0.4, -0.2) is 17.6 Å². The van der Waals surface area contributed by atoms with Crippen LogP contribution in [-0.2, 0) is 4.79 Å². The third-order valence-corrected chi connectivity index (χ3v) is 2.68. The number of benzene rings is 1. The van der Waals surface area contributed by atoms with Crippen LogP contribution >= 0.6 is 0 Å². The summed E-state index contributed by atoms with van der Waals surface area (Å²) < 4.78 is 0. The summed E-state index contributed by atoms with van der Waals surface area (Å²) in [6.45, 7) is 7.91. The summed E-state index contributed by atoms with van der Waals surface area (Å²) in [7, 11) is 0. The first kappa shape index (κ1) is 12.6. The van der Waals surface area contributed by atoms with Crippen molar-refractivity contribution in [1.82, 2.24) is 0 Å². The molecule has 0 heterocycles. The van der Waals surface area contributed by atoms with Gasteiger partial charge < -0.3 is 10.4 Å². The molecule has 3 nitrogen and oxygen atoms in total. The van der Waals surface area contributed by atoms with Crippen LogP contribution in [0.15, 0.2) is 18.2 Å². The first-order chi connectivity index (χ1) is 7.33. The molecule has 0 saturated carbocycles. The van der Waals surface area contributed by atoms with Crippen molar-refractivity contribution in [3.8, 4) is 0 Å². The van der Waals surface area contributed by atoms with Crippen molar-refractivity contribution in [1.29, 1.82) is 0 Å². The molecule has 0 amide bonds. The summed E-state index contributed by atoms with van der Waals surface area (Å²) in [5.41, 5.74) is 2.60. The summed E-state index contributed by atoms with van der Waals surface area (Å²) >= 11 is 0. The van der Waals surface area contributed by atoms with Gasteiger partial charge in [-0.05, 0) is 39.3 Å². The van der Waals surface area contributed by atoms with E-state index < -0.39 is 11.4 Å². The van der Waals surface area contributed by atoms with Gasteiger partial charge in [0.15, 0.2) is 0 Å². The Morgan fingerprint density at radius 1 is 1.38 bits per heavy atom. The van der Waals surface area contributed by atoms with Crippen LogP contribution in [0.4, 0.5) is 5.69 Å². The normalized spacial score (nSPS) is 11.2. The van der Waals surface area contributed by atoms with Crippen molar-refractivity contribution in [2.75, 3.05) is 11.9 Å². The highest BCUT2D eigenvalue weighted by Gasteiger charge is 2.26. The van der Waals surface area contributed by atoms with Crippen molar-refractivity contribution >= 4 is 11.7 Å². The predicted octanol–water partition coefficient (Wildman–Crippen LogP) is 2.83. The molecule has 0 atom stereocenters. The highest BCUT2D eigenvalue weighted by Crippen LogP contribution is 2.20. The number of carboxylic acid groups (broad SMARTS) is 1. The molecule has 0 aromatic heterocycles. The molecular weight excluding hydrogens is 202 g/mol. The minimum Gasteiger partial charge on any atom is -0.481 e. The lowest BCUT2D eigenvalue weighted by Crippen LogP contribution is -2.31. The lowest BCUT2D eigenvalue weighted by molar-refractivity contribution is -0.146. The maximum absolute atomic E-state index is 10.9. The van der Waals surface area contributed by atoms with E-state index in [1.54, 1.807) is 13.8 Å². The van der Waals surface area contributed by atoms with Crippen molar-refractivity contribution < 1.29 is 9.90 Å². The fourth-order valence-corrected chi connectivity index (χ4v) is 1.40. The van der Waals surface area contributed by atoms with Crippen molar-refractivity contribution in [3.05, 3.63) is 29.3 Å². The molecule has 0 unspecified atom stereocenters. The van der Waals surface area contributed by atoms with Gasteiger partial charge in [0.2, 0.25) is 0 Å². The van der Waals surface area contributed by atoms with Crippen LogP contribution in [0.3, 0.4) is 0 Å². The SMILES string of the molecule is Cc1ccc(NCC(C)(C)C(=O)O)c(C)c1. The third-order valence-electron chi connectivity index (χ3n) is 2.68. The third kappa shape index (κ3) is 2.99. The van der Waals surface area contributed by atoms with E-state index in [1.807, 2.05) is 26.0 Å². The van der Waals surface area contributed by atoms with Crippen molar-refractivity contribution in [3.63, 3.8) is 0 Å². The largest absolute Gasteiger partial charge is 0.481 e. The molecule has 1 aromatic carbocycles. The van der Waals surface area contributed by atoms with Gasteiger partial charge in [0.1, 0.15) is 0 Å². The molecule has 0 bridgehead atoms. The number of carbonyl (C=O) groups is 1. The number of aryl methyl sites for hydroxylation is 2. The van der Waals surface area contributed by atoms with Crippen molar-refractivity contribution in [2.45, 2.75) is 27.7 Å². The van der Waals surface area contributed by atoms with E-state index in [1.165, 1.54) is 5.56 Å². The molecular formula is C13H19NO2. The zero-order valence-electron chi connectivity index (χ0n) is 10.3. The fraction of sp³-hybridized carbons (Fsp3) is 0.462. The summed E-state index contributed by atoms with van der Waals surface area (Å²) in [6, 6.07) is 6.09. The van der Waals surface area contributed by atoms with E-state index in [9.17, 15) is 4.79 Å². The molecule has 1 aromatic rings. The van der Waals surface area contributed by atoms with Gasteiger partial charge in [-0.2, -0.15) is 0 Å². The molecule has 16 heavy (non-hydrogen) atoms. The van der Waals surface area contributed by atoms with Gasteiger partial charge in [-0.15, -0.1) is 0 Å².